The van der Waals surface area contributed by atoms with Crippen molar-refractivity contribution in [3.05, 3.63) is 29.3 Å². The summed E-state index contributed by atoms with van der Waals surface area (Å²) < 4.78 is 0. The first-order valence-electron chi connectivity index (χ1n) is 5.32. The van der Waals surface area contributed by atoms with E-state index in [-0.39, 0.29) is 5.91 Å². The van der Waals surface area contributed by atoms with Gasteiger partial charge in [0.15, 0.2) is 0 Å². The molecule has 1 aliphatic rings. The summed E-state index contributed by atoms with van der Waals surface area (Å²) >= 11 is 4.19. The number of nitrogens with one attached hydrogen (secondary N) is 1. The molecule has 1 aromatic carbocycles. The normalized spacial score (nSPS) is 13.8. The Labute approximate surface area is 95.5 Å². The van der Waals surface area contributed by atoms with Gasteiger partial charge in [0, 0.05) is 5.69 Å². The number of benzene rings is 1. The van der Waals surface area contributed by atoms with E-state index in [0.29, 0.717) is 6.42 Å². The molecule has 0 unspecified atom stereocenters. The Kier molecular flexibility index (Phi) is 3.31. The number of unbranched alkanes of at least 4 members (excludes halogenated alkanes) is 1. The van der Waals surface area contributed by atoms with Gasteiger partial charge in [-0.25, -0.2) is 0 Å². The highest BCUT2D eigenvalue weighted by Crippen LogP contribution is 2.24. The van der Waals surface area contributed by atoms with Gasteiger partial charge in [0.1, 0.15) is 0 Å². The van der Waals surface area contributed by atoms with E-state index >= 15 is 0 Å². The van der Waals surface area contributed by atoms with Crippen LogP contribution in [0.3, 0.4) is 0 Å². The van der Waals surface area contributed by atoms with Crippen LogP contribution in [0, 0.1) is 0 Å². The second-order valence-electron chi connectivity index (χ2n) is 3.90. The number of carbonyl (C=O) groups is 1. The number of aryl methyl sites for hydroxylation is 1. The summed E-state index contributed by atoms with van der Waals surface area (Å²) in [6.45, 7) is 0. The molecular weight excluding hydrogens is 206 g/mol. The SMILES string of the molecule is O=C1Cc2cc(CCCCS)ccc2N1. The monoisotopic (exact) mass is 221 g/mol. The van der Waals surface area contributed by atoms with Crippen molar-refractivity contribution in [2.45, 2.75) is 25.7 Å². The fraction of sp³-hybridized carbons (Fsp3) is 0.417. The summed E-state index contributed by atoms with van der Waals surface area (Å²) in [7, 11) is 0. The third kappa shape index (κ3) is 2.53. The maximum atomic E-state index is 11.2. The average molecular weight is 221 g/mol. The minimum Gasteiger partial charge on any atom is -0.326 e. The van der Waals surface area contributed by atoms with Crippen molar-refractivity contribution in [2.24, 2.45) is 0 Å². The van der Waals surface area contributed by atoms with Gasteiger partial charge in [-0.15, -0.1) is 0 Å². The smallest absolute Gasteiger partial charge is 0.228 e. The van der Waals surface area contributed by atoms with Crippen LogP contribution in [0.5, 0.6) is 0 Å². The van der Waals surface area contributed by atoms with Gasteiger partial charge in [-0.3, -0.25) is 4.79 Å². The Bertz CT molecular complexity index is 376. The number of carbonyl (C=O) groups excluding carboxylic acids is 1. The summed E-state index contributed by atoms with van der Waals surface area (Å²) in [5, 5.41) is 2.84. The van der Waals surface area contributed by atoms with E-state index in [9.17, 15) is 4.79 Å². The van der Waals surface area contributed by atoms with Crippen LogP contribution in [-0.2, 0) is 17.6 Å². The summed E-state index contributed by atoms with van der Waals surface area (Å²) in [5.41, 5.74) is 3.45. The lowest BCUT2D eigenvalue weighted by Gasteiger charge is -2.03. The number of hydrogen-bond donors (Lipinski definition) is 2. The zero-order valence-corrected chi connectivity index (χ0v) is 9.52. The number of fused-ring (bicyclic) bond motifs is 1. The largest absolute Gasteiger partial charge is 0.326 e. The maximum absolute atomic E-state index is 11.2. The quantitative estimate of drug-likeness (QED) is 0.593. The van der Waals surface area contributed by atoms with Crippen molar-refractivity contribution in [1.82, 2.24) is 0 Å². The van der Waals surface area contributed by atoms with E-state index < -0.39 is 0 Å². The molecule has 0 saturated carbocycles. The van der Waals surface area contributed by atoms with Gasteiger partial charge in [0.25, 0.3) is 0 Å². The van der Waals surface area contributed by atoms with E-state index in [1.54, 1.807) is 0 Å². The number of anilines is 1. The van der Waals surface area contributed by atoms with Crippen LogP contribution in [0.4, 0.5) is 5.69 Å². The van der Waals surface area contributed by atoms with E-state index in [4.69, 9.17) is 0 Å². The van der Waals surface area contributed by atoms with Crippen LogP contribution in [0.25, 0.3) is 0 Å². The molecule has 0 bridgehead atoms. The molecule has 0 spiro atoms. The molecule has 1 N–H and O–H groups in total. The van der Waals surface area contributed by atoms with Crippen molar-refractivity contribution in [3.63, 3.8) is 0 Å². The standard InChI is InChI=1S/C12H15NOS/c14-12-8-10-7-9(3-1-2-6-15)4-5-11(10)13-12/h4-5,7,15H,1-3,6,8H2,(H,13,14). The molecule has 1 aromatic rings. The first-order chi connectivity index (χ1) is 7.29. The fourth-order valence-electron chi connectivity index (χ4n) is 1.88. The number of thiol groups is 1. The van der Waals surface area contributed by atoms with Crippen LogP contribution >= 0.6 is 12.6 Å². The Morgan fingerprint density at radius 2 is 2.20 bits per heavy atom. The molecule has 1 aliphatic heterocycles. The second kappa shape index (κ2) is 4.71. The predicted octanol–water partition coefficient (Wildman–Crippen LogP) is 2.43. The molecule has 1 heterocycles. The number of rotatable bonds is 4. The summed E-state index contributed by atoms with van der Waals surface area (Å²) in [6.07, 6.45) is 3.94. The van der Waals surface area contributed by atoms with Gasteiger partial charge in [-0.2, -0.15) is 12.6 Å². The molecule has 80 valence electrons. The van der Waals surface area contributed by atoms with Gasteiger partial charge >= 0.3 is 0 Å². The summed E-state index contributed by atoms with van der Waals surface area (Å²) in [5.74, 6) is 1.06. The molecule has 0 saturated heterocycles. The van der Waals surface area contributed by atoms with Crippen molar-refractivity contribution < 1.29 is 4.79 Å². The van der Waals surface area contributed by atoms with E-state index in [0.717, 1.165) is 29.8 Å². The Hall–Kier alpha value is -0.960. The first-order valence-corrected chi connectivity index (χ1v) is 5.95. The number of amides is 1. The van der Waals surface area contributed by atoms with Gasteiger partial charge in [-0.05, 0) is 42.2 Å². The van der Waals surface area contributed by atoms with E-state index in [1.807, 2.05) is 6.07 Å². The third-order valence-corrected chi connectivity index (χ3v) is 2.98. The molecule has 15 heavy (non-hydrogen) atoms. The molecule has 2 rings (SSSR count). The Morgan fingerprint density at radius 1 is 1.33 bits per heavy atom. The van der Waals surface area contributed by atoms with Gasteiger partial charge in [0.05, 0.1) is 6.42 Å². The molecule has 0 fully saturated rings. The highest BCUT2D eigenvalue weighted by Gasteiger charge is 2.16. The molecular formula is C12H15NOS. The molecule has 0 aromatic heterocycles. The minimum absolute atomic E-state index is 0.109. The van der Waals surface area contributed by atoms with Crippen molar-refractivity contribution in [1.29, 1.82) is 0 Å². The van der Waals surface area contributed by atoms with E-state index in [1.165, 1.54) is 12.0 Å². The van der Waals surface area contributed by atoms with E-state index in [2.05, 4.69) is 30.1 Å². The highest BCUT2D eigenvalue weighted by molar-refractivity contribution is 7.80. The van der Waals surface area contributed by atoms with Gasteiger partial charge in [-0.1, -0.05) is 12.1 Å². The lowest BCUT2D eigenvalue weighted by atomic mass is 10.0. The Balaban J connectivity index is 2.03. The van der Waals surface area contributed by atoms with Crippen LogP contribution in [0.15, 0.2) is 18.2 Å². The molecule has 0 aliphatic carbocycles. The van der Waals surface area contributed by atoms with Gasteiger partial charge < -0.3 is 5.32 Å². The maximum Gasteiger partial charge on any atom is 0.228 e. The lowest BCUT2D eigenvalue weighted by molar-refractivity contribution is -0.115. The Morgan fingerprint density at radius 3 is 3.00 bits per heavy atom. The zero-order valence-electron chi connectivity index (χ0n) is 8.62. The molecule has 2 nitrogen and oxygen atoms in total. The van der Waals surface area contributed by atoms with Crippen molar-refractivity contribution in [2.75, 3.05) is 11.1 Å². The van der Waals surface area contributed by atoms with Crippen LogP contribution < -0.4 is 5.32 Å². The molecule has 0 radical (unpaired) electrons. The average Bonchev–Trinajstić information content (AvgIpc) is 2.57. The minimum atomic E-state index is 0.109. The van der Waals surface area contributed by atoms with Crippen LogP contribution in [-0.4, -0.2) is 11.7 Å². The molecule has 3 heteroatoms. The van der Waals surface area contributed by atoms with Crippen LogP contribution in [0.1, 0.15) is 24.0 Å². The zero-order chi connectivity index (χ0) is 10.7. The van der Waals surface area contributed by atoms with Crippen LogP contribution in [0.2, 0.25) is 0 Å². The molecule has 1 amide bonds. The molecule has 0 atom stereocenters. The first kappa shape index (κ1) is 10.6. The highest BCUT2D eigenvalue weighted by atomic mass is 32.1. The summed E-state index contributed by atoms with van der Waals surface area (Å²) in [4.78, 5) is 11.2. The fourth-order valence-corrected chi connectivity index (χ4v) is 2.10. The third-order valence-electron chi connectivity index (χ3n) is 2.67. The van der Waals surface area contributed by atoms with Crippen molar-refractivity contribution >= 4 is 24.2 Å². The second-order valence-corrected chi connectivity index (χ2v) is 4.34. The van der Waals surface area contributed by atoms with Gasteiger partial charge in [0.2, 0.25) is 5.91 Å². The van der Waals surface area contributed by atoms with Crippen molar-refractivity contribution in [3.8, 4) is 0 Å². The topological polar surface area (TPSA) is 29.1 Å². The predicted molar refractivity (Wildman–Crippen MR) is 65.6 cm³/mol. The number of hydrogen-bond acceptors (Lipinski definition) is 2. The summed E-state index contributed by atoms with van der Waals surface area (Å²) in [6, 6.07) is 6.25. The lowest BCUT2D eigenvalue weighted by Crippen LogP contribution is -2.03.